The first-order valence-corrected chi connectivity index (χ1v) is 5.62. The molecule has 3 aromatic rings. The van der Waals surface area contributed by atoms with Crippen molar-refractivity contribution in [3.63, 3.8) is 0 Å². The topological polar surface area (TPSA) is 47.8 Å². The van der Waals surface area contributed by atoms with Gasteiger partial charge in [0.15, 0.2) is 12.1 Å². The van der Waals surface area contributed by atoms with Crippen molar-refractivity contribution in [2.45, 2.75) is 0 Å². The molecule has 0 N–H and O–H groups in total. The molecule has 0 bridgehead atoms. The number of carbonyl (C=O) groups excluding carboxylic acids is 1. The molecular weight excluding hydrogens is 226 g/mol. The summed E-state index contributed by atoms with van der Waals surface area (Å²) in [5, 5.41) is 1.12. The number of nitrogens with zero attached hydrogens (tertiary/aromatic N) is 3. The summed E-state index contributed by atoms with van der Waals surface area (Å²) in [6.45, 7) is 0. The van der Waals surface area contributed by atoms with Gasteiger partial charge in [0, 0.05) is 35.9 Å². The molecule has 2 aromatic heterocycles. The monoisotopic (exact) mass is 237 g/mol. The van der Waals surface area contributed by atoms with Gasteiger partial charge in [0.2, 0.25) is 0 Å². The summed E-state index contributed by atoms with van der Waals surface area (Å²) >= 11 is 0. The Morgan fingerprint density at radius 2 is 2.06 bits per heavy atom. The van der Waals surface area contributed by atoms with E-state index in [0.717, 1.165) is 22.2 Å². The lowest BCUT2D eigenvalue weighted by Crippen LogP contribution is -1.93. The van der Waals surface area contributed by atoms with Crippen molar-refractivity contribution in [3.8, 4) is 11.3 Å². The first kappa shape index (κ1) is 10.7. The van der Waals surface area contributed by atoms with Crippen molar-refractivity contribution in [2.24, 2.45) is 7.05 Å². The summed E-state index contributed by atoms with van der Waals surface area (Å²) < 4.78 is 2.05. The van der Waals surface area contributed by atoms with E-state index >= 15 is 0 Å². The molecule has 4 heteroatoms. The molecule has 0 saturated carbocycles. The third-order valence-electron chi connectivity index (χ3n) is 2.95. The fraction of sp³-hybridized carbons (Fsp3) is 0.0714. The van der Waals surface area contributed by atoms with Gasteiger partial charge in [-0.15, -0.1) is 0 Å². The summed E-state index contributed by atoms with van der Waals surface area (Å²) in [5.74, 6) is 0.209. The van der Waals surface area contributed by atoms with Gasteiger partial charge in [-0.3, -0.25) is 4.79 Å². The molecule has 18 heavy (non-hydrogen) atoms. The van der Waals surface area contributed by atoms with Crippen LogP contribution in [-0.2, 0) is 7.05 Å². The number of aryl methyl sites for hydroxylation is 1. The molecule has 0 fully saturated rings. The average Bonchev–Trinajstić information content (AvgIpc) is 2.77. The minimum atomic E-state index is 0.209. The van der Waals surface area contributed by atoms with Gasteiger partial charge >= 0.3 is 0 Å². The summed E-state index contributed by atoms with van der Waals surface area (Å²) in [6, 6.07) is 9.92. The maximum Gasteiger partial charge on any atom is 0.193 e. The van der Waals surface area contributed by atoms with Gasteiger partial charge < -0.3 is 4.57 Å². The highest BCUT2D eigenvalue weighted by atomic mass is 16.1. The van der Waals surface area contributed by atoms with Gasteiger partial charge in [-0.2, -0.15) is 0 Å². The number of hydrogen-bond acceptors (Lipinski definition) is 3. The van der Waals surface area contributed by atoms with E-state index in [1.807, 2.05) is 42.1 Å². The summed E-state index contributed by atoms with van der Waals surface area (Å²) in [7, 11) is 1.99. The van der Waals surface area contributed by atoms with Crippen molar-refractivity contribution in [3.05, 3.63) is 48.5 Å². The van der Waals surface area contributed by atoms with Crippen LogP contribution in [0.5, 0.6) is 0 Å². The normalized spacial score (nSPS) is 10.7. The van der Waals surface area contributed by atoms with Gasteiger partial charge in [0.25, 0.3) is 0 Å². The van der Waals surface area contributed by atoms with E-state index < -0.39 is 0 Å². The lowest BCUT2D eigenvalue weighted by Gasteiger charge is -1.98. The molecule has 0 aliphatic rings. The molecule has 0 spiro atoms. The van der Waals surface area contributed by atoms with Gasteiger partial charge in [-0.25, -0.2) is 9.97 Å². The predicted molar refractivity (Wildman–Crippen MR) is 69.3 cm³/mol. The Bertz CT molecular complexity index is 731. The number of aldehydes is 1. The highest BCUT2D eigenvalue weighted by Gasteiger charge is 2.09. The molecule has 0 saturated heterocycles. The average molecular weight is 237 g/mol. The maximum absolute atomic E-state index is 10.7. The van der Waals surface area contributed by atoms with Gasteiger partial charge in [0.05, 0.1) is 5.69 Å². The number of aromatic nitrogens is 3. The first-order chi connectivity index (χ1) is 8.79. The Labute approximate surface area is 104 Å². The zero-order valence-electron chi connectivity index (χ0n) is 9.87. The van der Waals surface area contributed by atoms with E-state index in [4.69, 9.17) is 0 Å². The highest BCUT2D eigenvalue weighted by molar-refractivity contribution is 5.95. The second-order valence-corrected chi connectivity index (χ2v) is 4.09. The zero-order valence-corrected chi connectivity index (χ0v) is 9.87. The van der Waals surface area contributed by atoms with Crippen molar-refractivity contribution in [1.29, 1.82) is 0 Å². The van der Waals surface area contributed by atoms with Crippen LogP contribution in [0.3, 0.4) is 0 Å². The predicted octanol–water partition coefficient (Wildman–Crippen LogP) is 2.45. The van der Waals surface area contributed by atoms with Crippen LogP contribution in [0.15, 0.2) is 42.7 Å². The van der Waals surface area contributed by atoms with Crippen molar-refractivity contribution >= 4 is 17.2 Å². The third-order valence-corrected chi connectivity index (χ3v) is 2.95. The lowest BCUT2D eigenvalue weighted by atomic mass is 10.1. The van der Waals surface area contributed by atoms with Crippen LogP contribution in [0.2, 0.25) is 0 Å². The molecule has 0 radical (unpaired) electrons. The molecule has 0 atom stereocenters. The number of carbonyl (C=O) groups is 1. The minimum Gasteiger partial charge on any atom is -0.350 e. The van der Waals surface area contributed by atoms with E-state index in [1.165, 1.54) is 0 Å². The molecule has 1 aromatic carbocycles. The second kappa shape index (κ2) is 4.07. The Kier molecular flexibility index (Phi) is 2.41. The Morgan fingerprint density at radius 1 is 1.22 bits per heavy atom. The summed E-state index contributed by atoms with van der Waals surface area (Å²) in [6.07, 6.45) is 4.28. The Balaban J connectivity index is 2.28. The van der Waals surface area contributed by atoms with E-state index in [9.17, 15) is 4.79 Å². The van der Waals surface area contributed by atoms with Gasteiger partial charge in [-0.05, 0) is 12.1 Å². The van der Waals surface area contributed by atoms with E-state index in [2.05, 4.69) is 16.0 Å². The third kappa shape index (κ3) is 1.59. The van der Waals surface area contributed by atoms with Crippen molar-refractivity contribution < 1.29 is 4.79 Å². The molecular formula is C14H11N3O. The number of para-hydroxylation sites is 1. The fourth-order valence-corrected chi connectivity index (χ4v) is 2.13. The smallest absolute Gasteiger partial charge is 0.193 e. The van der Waals surface area contributed by atoms with Crippen LogP contribution >= 0.6 is 0 Å². The standard InChI is InChI=1S/C14H11N3O/c1-17-8-11(10-4-2-3-5-13(10)17)12-6-7-15-14(9-18)16-12/h2-9H,1H3. The molecule has 0 aliphatic heterocycles. The Hall–Kier alpha value is -2.49. The van der Waals surface area contributed by atoms with Gasteiger partial charge in [-0.1, -0.05) is 18.2 Å². The fourth-order valence-electron chi connectivity index (χ4n) is 2.13. The number of fused-ring (bicyclic) bond motifs is 1. The highest BCUT2D eigenvalue weighted by Crippen LogP contribution is 2.28. The van der Waals surface area contributed by atoms with Gasteiger partial charge in [0.1, 0.15) is 0 Å². The summed E-state index contributed by atoms with van der Waals surface area (Å²) in [5.41, 5.74) is 2.92. The van der Waals surface area contributed by atoms with Crippen LogP contribution in [0.25, 0.3) is 22.2 Å². The minimum absolute atomic E-state index is 0.209. The number of hydrogen-bond donors (Lipinski definition) is 0. The van der Waals surface area contributed by atoms with Crippen molar-refractivity contribution in [2.75, 3.05) is 0 Å². The molecule has 88 valence electrons. The SMILES string of the molecule is Cn1cc(-c2ccnc(C=O)n2)c2ccccc21. The quantitative estimate of drug-likeness (QED) is 0.643. The molecule has 3 rings (SSSR count). The molecule has 2 heterocycles. The van der Waals surface area contributed by atoms with Crippen LogP contribution in [0.4, 0.5) is 0 Å². The van der Waals surface area contributed by atoms with Crippen molar-refractivity contribution in [1.82, 2.24) is 14.5 Å². The molecule has 4 nitrogen and oxygen atoms in total. The molecule has 0 unspecified atom stereocenters. The van der Waals surface area contributed by atoms with E-state index in [0.29, 0.717) is 6.29 Å². The van der Waals surface area contributed by atoms with Crippen LogP contribution in [-0.4, -0.2) is 20.8 Å². The molecule has 0 aliphatic carbocycles. The number of rotatable bonds is 2. The summed E-state index contributed by atoms with van der Waals surface area (Å²) in [4.78, 5) is 18.8. The zero-order chi connectivity index (χ0) is 12.5. The first-order valence-electron chi connectivity index (χ1n) is 5.62. The van der Waals surface area contributed by atoms with Crippen LogP contribution < -0.4 is 0 Å². The second-order valence-electron chi connectivity index (χ2n) is 4.09. The number of benzene rings is 1. The van der Waals surface area contributed by atoms with E-state index in [1.54, 1.807) is 6.20 Å². The largest absolute Gasteiger partial charge is 0.350 e. The van der Waals surface area contributed by atoms with Crippen LogP contribution in [0.1, 0.15) is 10.6 Å². The Morgan fingerprint density at radius 3 is 2.89 bits per heavy atom. The van der Waals surface area contributed by atoms with E-state index in [-0.39, 0.29) is 5.82 Å². The molecule has 0 amide bonds. The maximum atomic E-state index is 10.7. The lowest BCUT2D eigenvalue weighted by molar-refractivity contribution is 0.111. The van der Waals surface area contributed by atoms with Crippen LogP contribution in [0, 0.1) is 0 Å².